The molecule has 0 spiro atoms. The third kappa shape index (κ3) is 5.51. The van der Waals surface area contributed by atoms with E-state index in [0.717, 1.165) is 6.54 Å². The van der Waals surface area contributed by atoms with Gasteiger partial charge in [-0.15, -0.1) is 0 Å². The first kappa shape index (κ1) is 19.8. The predicted molar refractivity (Wildman–Crippen MR) is 96.7 cm³/mol. The Balaban J connectivity index is 2.04. The lowest BCUT2D eigenvalue weighted by atomic mass is 10.0. The van der Waals surface area contributed by atoms with Crippen LogP contribution in [0.3, 0.4) is 0 Å². The van der Waals surface area contributed by atoms with Crippen LogP contribution in [0.1, 0.15) is 24.2 Å². The molecule has 1 N–H and O–H groups in total. The Bertz CT molecular complexity index is 535. The second-order valence-corrected chi connectivity index (χ2v) is 7.02. The predicted octanol–water partition coefficient (Wildman–Crippen LogP) is 1.25. The quantitative estimate of drug-likeness (QED) is 0.764. The first-order valence-electron chi connectivity index (χ1n) is 8.78. The summed E-state index contributed by atoms with van der Waals surface area (Å²) in [7, 11) is 1.63. The van der Waals surface area contributed by atoms with Gasteiger partial charge >= 0.3 is 0 Å². The van der Waals surface area contributed by atoms with Crippen molar-refractivity contribution in [2.45, 2.75) is 25.5 Å². The molecule has 1 aromatic carbocycles. The molecule has 1 unspecified atom stereocenters. The molecule has 1 heterocycles. The van der Waals surface area contributed by atoms with Gasteiger partial charge in [0.25, 0.3) is 5.91 Å². The third-order valence-electron chi connectivity index (χ3n) is 4.68. The number of hydrogen-bond donors (Lipinski definition) is 1. The molecule has 1 aromatic rings. The first-order chi connectivity index (χ1) is 12.0. The number of aliphatic hydroxyl groups is 1. The van der Waals surface area contributed by atoms with Crippen LogP contribution < -0.4 is 0 Å². The SMILES string of the molecule is COCCN(CC1CN(C(C)(C)CO)CCO1)C(=O)c1ccccc1. The summed E-state index contributed by atoms with van der Waals surface area (Å²) in [4.78, 5) is 16.8. The van der Waals surface area contributed by atoms with Crippen molar-refractivity contribution in [1.82, 2.24) is 9.80 Å². The minimum atomic E-state index is -0.289. The van der Waals surface area contributed by atoms with Gasteiger partial charge in [0, 0.05) is 44.4 Å². The van der Waals surface area contributed by atoms with Gasteiger partial charge in [-0.25, -0.2) is 0 Å². The zero-order chi connectivity index (χ0) is 18.3. The van der Waals surface area contributed by atoms with Crippen molar-refractivity contribution in [2.75, 3.05) is 53.1 Å². The van der Waals surface area contributed by atoms with E-state index < -0.39 is 0 Å². The summed E-state index contributed by atoms with van der Waals surface area (Å²) in [5, 5.41) is 9.60. The number of benzene rings is 1. The lowest BCUT2D eigenvalue weighted by Crippen LogP contribution is -2.57. The van der Waals surface area contributed by atoms with Crippen LogP contribution in [-0.2, 0) is 9.47 Å². The zero-order valence-corrected chi connectivity index (χ0v) is 15.5. The largest absolute Gasteiger partial charge is 0.394 e. The van der Waals surface area contributed by atoms with E-state index in [1.165, 1.54) is 0 Å². The molecule has 1 aliphatic heterocycles. The van der Waals surface area contributed by atoms with E-state index in [1.54, 1.807) is 12.0 Å². The van der Waals surface area contributed by atoms with E-state index in [-0.39, 0.29) is 24.2 Å². The van der Waals surface area contributed by atoms with E-state index in [0.29, 0.717) is 38.4 Å². The topological polar surface area (TPSA) is 62.2 Å². The number of ether oxygens (including phenoxy) is 2. The molecule has 1 atom stereocenters. The maximum absolute atomic E-state index is 12.8. The van der Waals surface area contributed by atoms with Gasteiger partial charge in [0.2, 0.25) is 0 Å². The molecule has 1 fully saturated rings. The highest BCUT2D eigenvalue weighted by atomic mass is 16.5. The Morgan fingerprint density at radius 1 is 1.40 bits per heavy atom. The number of morpholine rings is 1. The molecule has 1 saturated heterocycles. The fourth-order valence-corrected chi connectivity index (χ4v) is 2.97. The second kappa shape index (κ2) is 9.29. The Kier molecular flexibility index (Phi) is 7.38. The fraction of sp³-hybridized carbons (Fsp3) is 0.632. The van der Waals surface area contributed by atoms with E-state index in [2.05, 4.69) is 4.90 Å². The van der Waals surface area contributed by atoms with E-state index in [4.69, 9.17) is 9.47 Å². The number of carbonyl (C=O) groups excluding carboxylic acids is 1. The second-order valence-electron chi connectivity index (χ2n) is 7.02. The first-order valence-corrected chi connectivity index (χ1v) is 8.78. The highest BCUT2D eigenvalue weighted by molar-refractivity contribution is 5.94. The summed E-state index contributed by atoms with van der Waals surface area (Å²) < 4.78 is 11.0. The molecule has 2 rings (SSSR count). The molecular formula is C19H30N2O4. The highest BCUT2D eigenvalue weighted by Gasteiger charge is 2.32. The van der Waals surface area contributed by atoms with Gasteiger partial charge in [-0.1, -0.05) is 18.2 Å². The van der Waals surface area contributed by atoms with Crippen LogP contribution in [0.2, 0.25) is 0 Å². The average Bonchev–Trinajstić information content (AvgIpc) is 2.65. The monoisotopic (exact) mass is 350 g/mol. The lowest BCUT2D eigenvalue weighted by molar-refractivity contribution is -0.0803. The van der Waals surface area contributed by atoms with Gasteiger partial charge in [0.15, 0.2) is 0 Å². The third-order valence-corrected chi connectivity index (χ3v) is 4.68. The van der Waals surface area contributed by atoms with Crippen LogP contribution in [-0.4, -0.2) is 85.6 Å². The number of carbonyl (C=O) groups is 1. The van der Waals surface area contributed by atoms with E-state index in [1.807, 2.05) is 44.2 Å². The lowest BCUT2D eigenvalue weighted by Gasteiger charge is -2.43. The molecule has 25 heavy (non-hydrogen) atoms. The number of nitrogens with zero attached hydrogens (tertiary/aromatic N) is 2. The maximum atomic E-state index is 12.8. The van der Waals surface area contributed by atoms with Crippen LogP contribution in [0.25, 0.3) is 0 Å². The summed E-state index contributed by atoms with van der Waals surface area (Å²) >= 11 is 0. The smallest absolute Gasteiger partial charge is 0.254 e. The van der Waals surface area contributed by atoms with Crippen molar-refractivity contribution < 1.29 is 19.4 Å². The number of aliphatic hydroxyl groups excluding tert-OH is 1. The van der Waals surface area contributed by atoms with Gasteiger partial charge < -0.3 is 19.5 Å². The molecule has 0 bridgehead atoms. The Morgan fingerprint density at radius 3 is 2.76 bits per heavy atom. The molecule has 140 valence electrons. The van der Waals surface area contributed by atoms with Gasteiger partial charge in [-0.2, -0.15) is 0 Å². The van der Waals surface area contributed by atoms with Gasteiger partial charge in [0.05, 0.1) is 25.9 Å². The molecule has 1 amide bonds. The Morgan fingerprint density at radius 2 is 2.12 bits per heavy atom. The maximum Gasteiger partial charge on any atom is 0.254 e. The van der Waals surface area contributed by atoms with Crippen molar-refractivity contribution in [2.24, 2.45) is 0 Å². The normalized spacial score (nSPS) is 19.0. The minimum absolute atomic E-state index is 0.0141. The summed E-state index contributed by atoms with van der Waals surface area (Å²) in [6, 6.07) is 9.28. The van der Waals surface area contributed by atoms with Crippen molar-refractivity contribution in [3.63, 3.8) is 0 Å². The number of methoxy groups -OCH3 is 1. The average molecular weight is 350 g/mol. The zero-order valence-electron chi connectivity index (χ0n) is 15.5. The number of hydrogen-bond acceptors (Lipinski definition) is 5. The summed E-state index contributed by atoms with van der Waals surface area (Å²) in [6.45, 7) is 7.73. The Hall–Kier alpha value is -1.47. The standard InChI is InChI=1S/C19H30N2O4/c1-19(2,15-22)21-10-12-25-17(14-21)13-20(9-11-24-3)18(23)16-7-5-4-6-8-16/h4-8,17,22H,9-15H2,1-3H3. The summed E-state index contributed by atoms with van der Waals surface area (Å²) in [5.41, 5.74) is 0.380. The van der Waals surface area contributed by atoms with Crippen LogP contribution in [0, 0.1) is 0 Å². The Labute approximate surface area is 150 Å². The molecule has 0 aliphatic carbocycles. The molecule has 6 nitrogen and oxygen atoms in total. The van der Waals surface area contributed by atoms with Gasteiger partial charge in [-0.3, -0.25) is 9.69 Å². The van der Waals surface area contributed by atoms with Gasteiger partial charge in [0.1, 0.15) is 0 Å². The van der Waals surface area contributed by atoms with Crippen molar-refractivity contribution >= 4 is 5.91 Å². The van der Waals surface area contributed by atoms with Crippen LogP contribution in [0.15, 0.2) is 30.3 Å². The van der Waals surface area contributed by atoms with Crippen molar-refractivity contribution in [3.8, 4) is 0 Å². The number of rotatable bonds is 8. The van der Waals surface area contributed by atoms with E-state index >= 15 is 0 Å². The molecule has 0 saturated carbocycles. The molecule has 1 aliphatic rings. The fourth-order valence-electron chi connectivity index (χ4n) is 2.97. The van der Waals surface area contributed by atoms with Crippen molar-refractivity contribution in [3.05, 3.63) is 35.9 Å². The summed E-state index contributed by atoms with van der Waals surface area (Å²) in [6.07, 6.45) is -0.0795. The van der Waals surface area contributed by atoms with Crippen LogP contribution in [0.4, 0.5) is 0 Å². The van der Waals surface area contributed by atoms with Crippen molar-refractivity contribution in [1.29, 1.82) is 0 Å². The molecule has 6 heteroatoms. The van der Waals surface area contributed by atoms with Gasteiger partial charge in [-0.05, 0) is 26.0 Å². The molecule has 0 aromatic heterocycles. The van der Waals surface area contributed by atoms with Crippen LogP contribution >= 0.6 is 0 Å². The molecule has 0 radical (unpaired) electrons. The van der Waals surface area contributed by atoms with Crippen LogP contribution in [0.5, 0.6) is 0 Å². The minimum Gasteiger partial charge on any atom is -0.394 e. The highest BCUT2D eigenvalue weighted by Crippen LogP contribution is 2.19. The number of amides is 1. The van der Waals surface area contributed by atoms with E-state index in [9.17, 15) is 9.90 Å². The summed E-state index contributed by atoms with van der Waals surface area (Å²) in [5.74, 6) is -0.0141. The molecular weight excluding hydrogens is 320 g/mol.